The Kier molecular flexibility index (Phi) is 9.90. The number of carbonyl (C=O) groups excluding carboxylic acids is 2. The van der Waals surface area contributed by atoms with Crippen LogP contribution in [0.2, 0.25) is 0 Å². The Bertz CT molecular complexity index is 683. The minimum Gasteiger partial charge on any atom is -0.462 e. The summed E-state index contributed by atoms with van der Waals surface area (Å²) in [4.78, 5) is 24.5. The molecule has 0 heterocycles. The molecule has 172 valence electrons. The Morgan fingerprint density at radius 1 is 0.968 bits per heavy atom. The minimum absolute atomic E-state index is 0.0521. The highest BCUT2D eigenvalue weighted by Gasteiger charge is 2.27. The first kappa shape index (κ1) is 24.3. The van der Waals surface area contributed by atoms with Crippen LogP contribution in [0.5, 0.6) is 0 Å². The van der Waals surface area contributed by atoms with Gasteiger partial charge in [-0.25, -0.2) is 0 Å². The summed E-state index contributed by atoms with van der Waals surface area (Å²) in [6.45, 7) is 2.00. The molecule has 0 atom stereocenters. The Labute approximate surface area is 193 Å². The van der Waals surface area contributed by atoms with Crippen LogP contribution in [0.4, 0.5) is 0 Å². The molecule has 31 heavy (non-hydrogen) atoms. The average Bonchev–Trinajstić information content (AvgIpc) is 2.79. The van der Waals surface area contributed by atoms with Gasteiger partial charge in [0.05, 0.1) is 0 Å². The van der Waals surface area contributed by atoms with E-state index in [4.69, 9.17) is 16.3 Å². The lowest BCUT2D eigenvalue weighted by atomic mass is 9.77. The van der Waals surface area contributed by atoms with Crippen LogP contribution in [0.1, 0.15) is 101 Å². The van der Waals surface area contributed by atoms with Crippen molar-refractivity contribution in [1.82, 2.24) is 0 Å². The molecule has 2 fully saturated rings. The number of benzene rings is 1. The SMILES string of the molecule is CCCC(=O)OC1CCC(c2ccc(CC(=O)C3CCC(CCCCl)CC3)cc2)CC1. The van der Waals surface area contributed by atoms with Crippen LogP contribution in [0.25, 0.3) is 0 Å². The van der Waals surface area contributed by atoms with E-state index in [-0.39, 0.29) is 18.0 Å². The molecule has 0 amide bonds. The molecule has 4 heteroatoms. The molecule has 1 aromatic carbocycles. The first-order valence-electron chi connectivity index (χ1n) is 12.5. The van der Waals surface area contributed by atoms with Gasteiger partial charge in [-0.1, -0.05) is 31.2 Å². The van der Waals surface area contributed by atoms with Gasteiger partial charge in [-0.3, -0.25) is 9.59 Å². The third kappa shape index (κ3) is 7.63. The van der Waals surface area contributed by atoms with Gasteiger partial charge in [-0.2, -0.15) is 0 Å². The monoisotopic (exact) mass is 446 g/mol. The van der Waals surface area contributed by atoms with E-state index in [0.717, 1.165) is 68.7 Å². The molecule has 2 aliphatic rings. The number of esters is 1. The zero-order valence-corrected chi connectivity index (χ0v) is 19.9. The molecule has 0 aliphatic heterocycles. The number of halogens is 1. The van der Waals surface area contributed by atoms with Gasteiger partial charge in [-0.15, -0.1) is 11.6 Å². The highest BCUT2D eigenvalue weighted by Crippen LogP contribution is 2.35. The highest BCUT2D eigenvalue weighted by atomic mass is 35.5. The molecule has 1 aromatic rings. The molecule has 3 nitrogen and oxygen atoms in total. The number of alkyl halides is 1. The summed E-state index contributed by atoms with van der Waals surface area (Å²) < 4.78 is 5.58. The highest BCUT2D eigenvalue weighted by molar-refractivity contribution is 6.17. The van der Waals surface area contributed by atoms with Gasteiger partial charge in [0.2, 0.25) is 0 Å². The number of ketones is 1. The summed E-state index contributed by atoms with van der Waals surface area (Å²) in [6.07, 6.45) is 12.9. The van der Waals surface area contributed by atoms with Gasteiger partial charge < -0.3 is 4.74 Å². The van der Waals surface area contributed by atoms with Gasteiger partial charge in [0.15, 0.2) is 0 Å². The fourth-order valence-corrected chi connectivity index (χ4v) is 5.51. The number of carbonyl (C=O) groups is 2. The van der Waals surface area contributed by atoms with Crippen LogP contribution in [-0.4, -0.2) is 23.7 Å². The summed E-state index contributed by atoms with van der Waals surface area (Å²) >= 11 is 5.81. The van der Waals surface area contributed by atoms with Crippen molar-refractivity contribution in [2.45, 2.75) is 102 Å². The second-order valence-corrected chi connectivity index (χ2v) is 10.0. The van der Waals surface area contributed by atoms with Crippen molar-refractivity contribution in [2.24, 2.45) is 11.8 Å². The van der Waals surface area contributed by atoms with Crippen LogP contribution in [0, 0.1) is 11.8 Å². The number of hydrogen-bond acceptors (Lipinski definition) is 3. The second kappa shape index (κ2) is 12.6. The first-order valence-corrected chi connectivity index (χ1v) is 13.0. The summed E-state index contributed by atoms with van der Waals surface area (Å²) in [6, 6.07) is 8.71. The van der Waals surface area contributed by atoms with Crippen LogP contribution in [-0.2, 0) is 20.7 Å². The predicted molar refractivity (Wildman–Crippen MR) is 127 cm³/mol. The van der Waals surface area contributed by atoms with Gasteiger partial charge in [0.25, 0.3) is 0 Å². The molecule has 3 rings (SSSR count). The second-order valence-electron chi connectivity index (χ2n) is 9.65. The maximum Gasteiger partial charge on any atom is 0.306 e. The lowest BCUT2D eigenvalue weighted by Gasteiger charge is -2.29. The predicted octanol–water partition coefficient (Wildman–Crippen LogP) is 6.99. The Hall–Kier alpha value is -1.35. The molecule has 0 N–H and O–H groups in total. The van der Waals surface area contributed by atoms with Crippen molar-refractivity contribution in [3.8, 4) is 0 Å². The summed E-state index contributed by atoms with van der Waals surface area (Å²) in [5.74, 6) is 2.67. The van der Waals surface area contributed by atoms with E-state index in [0.29, 0.717) is 24.5 Å². The van der Waals surface area contributed by atoms with Crippen molar-refractivity contribution in [3.63, 3.8) is 0 Å². The third-order valence-electron chi connectivity index (χ3n) is 7.30. The lowest BCUT2D eigenvalue weighted by Crippen LogP contribution is -2.24. The van der Waals surface area contributed by atoms with E-state index in [1.54, 1.807) is 0 Å². The van der Waals surface area contributed by atoms with E-state index in [2.05, 4.69) is 24.3 Å². The van der Waals surface area contributed by atoms with Gasteiger partial charge in [0.1, 0.15) is 11.9 Å². The molecule has 0 saturated heterocycles. The standard InChI is InChI=1S/C27H39ClO3/c1-2-4-27(30)31-25-16-14-23(15-17-25)22-10-8-21(9-11-22)19-26(29)24-12-6-20(7-13-24)5-3-18-28/h8-11,20,23-25H,2-7,12-19H2,1H3. The molecule has 0 unspecified atom stereocenters. The molecular formula is C27H39ClO3. The van der Waals surface area contributed by atoms with Crippen molar-refractivity contribution < 1.29 is 14.3 Å². The van der Waals surface area contributed by atoms with Crippen LogP contribution in [0.15, 0.2) is 24.3 Å². The molecule has 2 aliphatic carbocycles. The van der Waals surface area contributed by atoms with Crippen molar-refractivity contribution in [2.75, 3.05) is 5.88 Å². The van der Waals surface area contributed by atoms with Crippen LogP contribution < -0.4 is 0 Å². The molecule has 0 aromatic heterocycles. The topological polar surface area (TPSA) is 43.4 Å². The minimum atomic E-state index is -0.0521. The molecule has 2 saturated carbocycles. The van der Waals surface area contributed by atoms with Crippen LogP contribution >= 0.6 is 11.6 Å². The normalized spacial score (nSPS) is 26.4. The fourth-order valence-electron chi connectivity index (χ4n) is 5.36. The van der Waals surface area contributed by atoms with Gasteiger partial charge in [0, 0.05) is 24.6 Å². The Morgan fingerprint density at radius 2 is 1.65 bits per heavy atom. The maximum atomic E-state index is 12.8. The van der Waals surface area contributed by atoms with E-state index in [9.17, 15) is 9.59 Å². The van der Waals surface area contributed by atoms with E-state index >= 15 is 0 Å². The number of Topliss-reactive ketones (excluding diaryl/α,β-unsaturated/α-hetero) is 1. The zero-order chi connectivity index (χ0) is 22.1. The van der Waals surface area contributed by atoms with E-state index in [1.807, 2.05) is 6.92 Å². The van der Waals surface area contributed by atoms with Crippen molar-refractivity contribution in [1.29, 1.82) is 0 Å². The third-order valence-corrected chi connectivity index (χ3v) is 7.57. The lowest BCUT2D eigenvalue weighted by molar-refractivity contribution is -0.150. The van der Waals surface area contributed by atoms with Gasteiger partial charge in [-0.05, 0) is 93.6 Å². The maximum absolute atomic E-state index is 12.8. The van der Waals surface area contributed by atoms with Crippen molar-refractivity contribution in [3.05, 3.63) is 35.4 Å². The molecule has 0 radical (unpaired) electrons. The van der Waals surface area contributed by atoms with Gasteiger partial charge >= 0.3 is 5.97 Å². The molecule has 0 bridgehead atoms. The summed E-state index contributed by atoms with van der Waals surface area (Å²) in [5.41, 5.74) is 2.49. The average molecular weight is 447 g/mol. The van der Waals surface area contributed by atoms with E-state index in [1.165, 1.54) is 24.8 Å². The summed E-state index contributed by atoms with van der Waals surface area (Å²) in [7, 11) is 0. The first-order chi connectivity index (χ1) is 15.1. The Morgan fingerprint density at radius 3 is 2.26 bits per heavy atom. The smallest absolute Gasteiger partial charge is 0.306 e. The van der Waals surface area contributed by atoms with Crippen molar-refractivity contribution >= 4 is 23.4 Å². The number of ether oxygens (including phenoxy) is 1. The quantitative estimate of drug-likeness (QED) is 0.287. The fraction of sp³-hybridized carbons (Fsp3) is 0.704. The Balaban J connectivity index is 1.41. The van der Waals surface area contributed by atoms with E-state index < -0.39 is 0 Å². The number of hydrogen-bond donors (Lipinski definition) is 0. The summed E-state index contributed by atoms with van der Waals surface area (Å²) in [5, 5.41) is 0. The van der Waals surface area contributed by atoms with Crippen LogP contribution in [0.3, 0.4) is 0 Å². The number of rotatable bonds is 10. The zero-order valence-electron chi connectivity index (χ0n) is 19.1. The largest absolute Gasteiger partial charge is 0.462 e. The molecule has 0 spiro atoms. The molecular weight excluding hydrogens is 408 g/mol.